The average Bonchev–Trinajstić information content (AvgIpc) is 3.41. The molecule has 2 aromatic heterocycles. The molecular weight excluding hydrogens is 452 g/mol. The molecule has 0 aliphatic carbocycles. The zero-order valence-electron chi connectivity index (χ0n) is 20.8. The van der Waals surface area contributed by atoms with Gasteiger partial charge in [-0.05, 0) is 66.8 Å². The first kappa shape index (κ1) is 23.6. The van der Waals surface area contributed by atoms with Crippen molar-refractivity contribution < 1.29 is 14.6 Å². The van der Waals surface area contributed by atoms with Crippen LogP contribution >= 0.6 is 0 Å². The van der Waals surface area contributed by atoms with Crippen molar-refractivity contribution in [1.82, 2.24) is 20.1 Å². The van der Waals surface area contributed by atoms with Gasteiger partial charge in [-0.15, -0.1) is 0 Å². The molecule has 4 aromatic rings. The van der Waals surface area contributed by atoms with Gasteiger partial charge in [0.05, 0.1) is 12.6 Å². The predicted molar refractivity (Wildman–Crippen MR) is 138 cm³/mol. The number of aromatic nitrogens is 3. The number of aromatic hydroxyl groups is 1. The van der Waals surface area contributed by atoms with Gasteiger partial charge < -0.3 is 14.7 Å². The predicted octanol–water partition coefficient (Wildman–Crippen LogP) is 5.72. The van der Waals surface area contributed by atoms with Gasteiger partial charge in [0.15, 0.2) is 0 Å². The van der Waals surface area contributed by atoms with E-state index in [1.54, 1.807) is 12.4 Å². The SMILES string of the molecule is CCCCOc1cccc(C2c3c(-c4cc(C)cc(C)c4O)n[nH]c3C(=O)N2Cc2cccnc2)c1. The fraction of sp³-hybridized carbons (Fsp3) is 0.276. The second kappa shape index (κ2) is 9.85. The highest BCUT2D eigenvalue weighted by molar-refractivity contribution is 6.00. The summed E-state index contributed by atoms with van der Waals surface area (Å²) in [4.78, 5) is 19.7. The highest BCUT2D eigenvalue weighted by Gasteiger charge is 2.42. The van der Waals surface area contributed by atoms with Crippen molar-refractivity contribution in [3.05, 3.63) is 94.4 Å². The number of nitrogens with one attached hydrogen (secondary N) is 1. The number of benzene rings is 2. The minimum absolute atomic E-state index is 0.140. The van der Waals surface area contributed by atoms with Crippen molar-refractivity contribution in [1.29, 1.82) is 0 Å². The molecule has 0 fully saturated rings. The van der Waals surface area contributed by atoms with Gasteiger partial charge in [-0.2, -0.15) is 5.10 Å². The first-order chi connectivity index (χ1) is 17.5. The number of ether oxygens (including phenoxy) is 1. The Morgan fingerprint density at radius 3 is 2.78 bits per heavy atom. The van der Waals surface area contributed by atoms with Crippen molar-refractivity contribution >= 4 is 5.91 Å². The first-order valence-electron chi connectivity index (χ1n) is 12.3. The first-order valence-corrected chi connectivity index (χ1v) is 12.3. The molecule has 1 aliphatic heterocycles. The largest absolute Gasteiger partial charge is 0.507 e. The summed E-state index contributed by atoms with van der Waals surface area (Å²) >= 11 is 0. The minimum Gasteiger partial charge on any atom is -0.507 e. The van der Waals surface area contributed by atoms with Gasteiger partial charge in [-0.3, -0.25) is 14.9 Å². The van der Waals surface area contributed by atoms with Crippen LogP contribution in [0.5, 0.6) is 11.5 Å². The number of unbranched alkanes of at least 4 members (excludes halogenated alkanes) is 1. The Morgan fingerprint density at radius 1 is 1.14 bits per heavy atom. The number of rotatable bonds is 8. The molecule has 0 radical (unpaired) electrons. The molecule has 3 heterocycles. The Hall–Kier alpha value is -4.13. The van der Waals surface area contributed by atoms with E-state index in [0.717, 1.165) is 46.4 Å². The van der Waals surface area contributed by atoms with Crippen molar-refractivity contribution in [3.63, 3.8) is 0 Å². The van der Waals surface area contributed by atoms with Crippen molar-refractivity contribution in [3.8, 4) is 22.8 Å². The summed E-state index contributed by atoms with van der Waals surface area (Å²) in [7, 11) is 0. The number of phenols is 1. The lowest BCUT2D eigenvalue weighted by atomic mass is 9.94. The van der Waals surface area contributed by atoms with Crippen LogP contribution in [0.4, 0.5) is 0 Å². The van der Waals surface area contributed by atoms with Crippen LogP contribution in [-0.2, 0) is 6.54 Å². The van der Waals surface area contributed by atoms with Crippen LogP contribution in [0.3, 0.4) is 0 Å². The maximum absolute atomic E-state index is 13.7. The lowest BCUT2D eigenvalue weighted by Crippen LogP contribution is -2.29. The molecule has 184 valence electrons. The molecule has 5 rings (SSSR count). The third kappa shape index (κ3) is 4.33. The second-order valence-corrected chi connectivity index (χ2v) is 9.31. The minimum atomic E-state index is -0.406. The van der Waals surface area contributed by atoms with Gasteiger partial charge in [0.25, 0.3) is 5.91 Å². The van der Waals surface area contributed by atoms with E-state index in [0.29, 0.717) is 30.1 Å². The molecule has 1 amide bonds. The monoisotopic (exact) mass is 482 g/mol. The number of hydrogen-bond donors (Lipinski definition) is 2. The fourth-order valence-corrected chi connectivity index (χ4v) is 4.85. The summed E-state index contributed by atoms with van der Waals surface area (Å²) in [6.07, 6.45) is 5.52. The van der Waals surface area contributed by atoms with E-state index in [1.807, 2.05) is 67.3 Å². The van der Waals surface area contributed by atoms with Crippen LogP contribution in [0.2, 0.25) is 0 Å². The third-order valence-corrected chi connectivity index (χ3v) is 6.58. The highest BCUT2D eigenvalue weighted by atomic mass is 16.5. The number of carbonyl (C=O) groups excluding carboxylic acids is 1. The Bertz CT molecular complexity index is 1400. The molecule has 36 heavy (non-hydrogen) atoms. The summed E-state index contributed by atoms with van der Waals surface area (Å²) in [6.45, 7) is 7.01. The molecule has 0 saturated carbocycles. The summed E-state index contributed by atoms with van der Waals surface area (Å²) in [5.41, 5.74) is 6.02. The Kier molecular flexibility index (Phi) is 6.46. The van der Waals surface area contributed by atoms with Gasteiger partial charge in [0.2, 0.25) is 0 Å². The van der Waals surface area contributed by atoms with Crippen LogP contribution in [0, 0.1) is 13.8 Å². The van der Waals surface area contributed by atoms with Crippen molar-refractivity contribution in [2.24, 2.45) is 0 Å². The van der Waals surface area contributed by atoms with Crippen LogP contribution in [-0.4, -0.2) is 37.7 Å². The molecule has 0 bridgehead atoms. The zero-order chi connectivity index (χ0) is 25.2. The van der Waals surface area contributed by atoms with E-state index in [2.05, 4.69) is 22.1 Å². The number of H-pyrrole nitrogens is 1. The lowest BCUT2D eigenvalue weighted by molar-refractivity contribution is 0.0729. The molecule has 0 spiro atoms. The van der Waals surface area contributed by atoms with Gasteiger partial charge in [-0.25, -0.2) is 0 Å². The summed E-state index contributed by atoms with van der Waals surface area (Å²) in [5.74, 6) is 0.796. The van der Waals surface area contributed by atoms with Gasteiger partial charge in [0.1, 0.15) is 22.9 Å². The molecular formula is C29H30N4O3. The molecule has 1 aliphatic rings. The Balaban J connectivity index is 1.64. The molecule has 7 heteroatoms. The van der Waals surface area contributed by atoms with E-state index in [-0.39, 0.29) is 11.7 Å². The number of hydrogen-bond acceptors (Lipinski definition) is 5. The van der Waals surface area contributed by atoms with E-state index >= 15 is 0 Å². The van der Waals surface area contributed by atoms with Crippen molar-refractivity contribution in [2.75, 3.05) is 6.61 Å². The second-order valence-electron chi connectivity index (χ2n) is 9.31. The van der Waals surface area contributed by atoms with E-state index in [4.69, 9.17) is 4.74 Å². The van der Waals surface area contributed by atoms with Crippen LogP contribution in [0.15, 0.2) is 60.9 Å². The topological polar surface area (TPSA) is 91.3 Å². The highest BCUT2D eigenvalue weighted by Crippen LogP contribution is 2.46. The molecule has 0 saturated heterocycles. The molecule has 2 N–H and O–H groups in total. The quantitative estimate of drug-likeness (QED) is 0.314. The standard InChI is InChI=1S/C29H30N4O3/c1-4-5-12-36-22-10-6-9-21(15-22)27-24-25(23-14-18(2)13-19(3)28(23)34)31-32-26(24)29(35)33(27)17-20-8-7-11-30-16-20/h6-11,13-16,27,34H,4-5,12,17H2,1-3H3,(H,31,32). The number of pyridine rings is 1. The number of fused-ring (bicyclic) bond motifs is 1. The number of aryl methyl sites for hydroxylation is 2. The molecule has 2 aromatic carbocycles. The van der Waals surface area contributed by atoms with Gasteiger partial charge in [0, 0.05) is 30.1 Å². The summed E-state index contributed by atoms with van der Waals surface area (Å²) in [6, 6.07) is 15.2. The average molecular weight is 483 g/mol. The third-order valence-electron chi connectivity index (χ3n) is 6.58. The maximum Gasteiger partial charge on any atom is 0.273 e. The van der Waals surface area contributed by atoms with Crippen LogP contribution in [0.25, 0.3) is 11.3 Å². The number of aromatic amines is 1. The fourth-order valence-electron chi connectivity index (χ4n) is 4.85. The number of phenolic OH excluding ortho intramolecular Hbond substituents is 1. The van der Waals surface area contributed by atoms with E-state index in [9.17, 15) is 9.90 Å². The Labute approximate surface area is 210 Å². The number of carbonyl (C=O) groups is 1. The van der Waals surface area contributed by atoms with Crippen LogP contribution in [0.1, 0.15) is 64.1 Å². The maximum atomic E-state index is 13.7. The lowest BCUT2D eigenvalue weighted by Gasteiger charge is -2.27. The number of nitrogens with zero attached hydrogens (tertiary/aromatic N) is 3. The van der Waals surface area contributed by atoms with Crippen LogP contribution < -0.4 is 4.74 Å². The zero-order valence-corrected chi connectivity index (χ0v) is 20.8. The molecule has 1 unspecified atom stereocenters. The number of amides is 1. The van der Waals surface area contributed by atoms with Gasteiger partial charge in [-0.1, -0.05) is 37.6 Å². The van der Waals surface area contributed by atoms with Crippen molar-refractivity contribution in [2.45, 2.75) is 46.2 Å². The smallest absolute Gasteiger partial charge is 0.273 e. The van der Waals surface area contributed by atoms with E-state index in [1.165, 1.54) is 0 Å². The normalized spacial score (nSPS) is 14.8. The summed E-state index contributed by atoms with van der Waals surface area (Å²) < 4.78 is 5.99. The molecule has 1 atom stereocenters. The summed E-state index contributed by atoms with van der Waals surface area (Å²) in [5, 5.41) is 18.4. The van der Waals surface area contributed by atoms with E-state index < -0.39 is 6.04 Å². The van der Waals surface area contributed by atoms with Gasteiger partial charge >= 0.3 is 0 Å². The molecule has 7 nitrogen and oxygen atoms in total. The Morgan fingerprint density at radius 2 is 2.00 bits per heavy atom.